The number of rotatable bonds is 5. The van der Waals surface area contributed by atoms with Gasteiger partial charge in [-0.05, 0) is 44.1 Å². The monoisotopic (exact) mass is 379 g/mol. The number of allylic oxidation sites excluding steroid dienone is 1. The number of aliphatic hydroxyl groups excluding tert-OH is 2. The van der Waals surface area contributed by atoms with Crippen LogP contribution in [0.1, 0.15) is 59.8 Å². The first-order chi connectivity index (χ1) is 12.5. The number of fused-ring (bicyclic) bond motifs is 1. The normalized spacial score (nSPS) is 42.1. The lowest BCUT2D eigenvalue weighted by Crippen LogP contribution is -2.78. The Labute approximate surface area is 161 Å². The van der Waals surface area contributed by atoms with E-state index in [-0.39, 0.29) is 31.0 Å². The minimum absolute atomic E-state index is 0.0593. The zero-order valence-corrected chi connectivity index (χ0v) is 16.8. The molecular weight excluding hydrogens is 346 g/mol. The Balaban J connectivity index is 2.01. The Bertz CT molecular complexity index is 671. The molecule has 6 heteroatoms. The molecule has 2 fully saturated rings. The quantitative estimate of drug-likeness (QED) is 0.493. The second-order valence-corrected chi connectivity index (χ2v) is 9.60. The number of aldehydes is 1. The van der Waals surface area contributed by atoms with Gasteiger partial charge in [0.2, 0.25) is 0 Å². The largest absolute Gasteiger partial charge is 0.392 e. The van der Waals surface area contributed by atoms with Gasteiger partial charge < -0.3 is 25.5 Å². The van der Waals surface area contributed by atoms with Gasteiger partial charge in [-0.3, -0.25) is 4.79 Å². The zero-order chi connectivity index (χ0) is 20.2. The van der Waals surface area contributed by atoms with Crippen LogP contribution in [0.3, 0.4) is 0 Å². The van der Waals surface area contributed by atoms with Crippen molar-refractivity contribution < 1.29 is 24.5 Å². The van der Waals surface area contributed by atoms with Crippen LogP contribution in [0.25, 0.3) is 0 Å². The fraction of sp³-hybridized carbons (Fsp3) is 0.810. The number of ketones is 1. The van der Waals surface area contributed by atoms with Crippen molar-refractivity contribution in [3.8, 4) is 0 Å². The van der Waals surface area contributed by atoms with Gasteiger partial charge in [-0.25, -0.2) is 0 Å². The first-order valence-corrected chi connectivity index (χ1v) is 9.94. The maximum atomic E-state index is 13.6. The highest BCUT2D eigenvalue weighted by Gasteiger charge is 2.66. The van der Waals surface area contributed by atoms with Gasteiger partial charge >= 0.3 is 0 Å². The molecule has 0 aromatic heterocycles. The number of hydrogen-bond acceptors (Lipinski definition) is 6. The Morgan fingerprint density at radius 1 is 1.41 bits per heavy atom. The number of aliphatic hydroxyl groups is 2. The van der Waals surface area contributed by atoms with E-state index in [0.717, 1.165) is 36.7 Å². The number of nitrogens with two attached hydrogens (primary N) is 1. The fourth-order valence-corrected chi connectivity index (χ4v) is 5.81. The van der Waals surface area contributed by atoms with Crippen molar-refractivity contribution in [2.45, 2.75) is 83.6 Å². The molecule has 6 atom stereocenters. The maximum absolute atomic E-state index is 13.6. The van der Waals surface area contributed by atoms with Crippen molar-refractivity contribution >= 4 is 12.1 Å². The van der Waals surface area contributed by atoms with E-state index in [4.69, 9.17) is 10.5 Å². The number of carbonyl (C=O) groups excluding carboxylic acids is 2. The van der Waals surface area contributed by atoms with Crippen LogP contribution >= 0.6 is 0 Å². The molecule has 0 aromatic rings. The second kappa shape index (κ2) is 6.76. The Morgan fingerprint density at radius 3 is 2.59 bits per heavy atom. The molecule has 1 heterocycles. The molecule has 1 aliphatic heterocycles. The molecular formula is C21H33NO5. The van der Waals surface area contributed by atoms with Crippen LogP contribution in [-0.4, -0.2) is 52.7 Å². The molecule has 0 bridgehead atoms. The highest BCUT2D eigenvalue weighted by Crippen LogP contribution is 2.54. The van der Waals surface area contributed by atoms with E-state index < -0.39 is 34.9 Å². The average Bonchev–Trinajstić information content (AvgIpc) is 2.59. The molecule has 2 aliphatic carbocycles. The Kier molecular flexibility index (Phi) is 5.17. The van der Waals surface area contributed by atoms with Gasteiger partial charge in [0.15, 0.2) is 5.78 Å². The lowest BCUT2D eigenvalue weighted by Gasteiger charge is -2.61. The summed E-state index contributed by atoms with van der Waals surface area (Å²) in [4.78, 5) is 25.0. The third kappa shape index (κ3) is 2.92. The summed E-state index contributed by atoms with van der Waals surface area (Å²) >= 11 is 0. The van der Waals surface area contributed by atoms with Crippen molar-refractivity contribution in [1.29, 1.82) is 0 Å². The minimum atomic E-state index is -1.30. The van der Waals surface area contributed by atoms with Gasteiger partial charge in [0.05, 0.1) is 29.8 Å². The van der Waals surface area contributed by atoms with Crippen molar-refractivity contribution in [2.75, 3.05) is 6.61 Å². The second-order valence-electron chi connectivity index (χ2n) is 9.60. The predicted molar refractivity (Wildman–Crippen MR) is 101 cm³/mol. The fourth-order valence-electron chi connectivity index (χ4n) is 5.81. The molecule has 6 nitrogen and oxygen atoms in total. The Hall–Kier alpha value is -1.08. The molecule has 3 rings (SSSR count). The Morgan fingerprint density at radius 2 is 2.07 bits per heavy atom. The zero-order valence-electron chi connectivity index (χ0n) is 16.8. The molecule has 4 N–H and O–H groups in total. The van der Waals surface area contributed by atoms with E-state index in [2.05, 4.69) is 0 Å². The van der Waals surface area contributed by atoms with Crippen molar-refractivity contribution in [3.05, 3.63) is 11.1 Å². The van der Waals surface area contributed by atoms with E-state index in [1.807, 2.05) is 20.8 Å². The molecule has 0 radical (unpaired) electrons. The molecule has 1 unspecified atom stereocenters. The van der Waals surface area contributed by atoms with Crippen molar-refractivity contribution in [1.82, 2.24) is 0 Å². The number of ether oxygens (including phenoxy) is 1. The van der Waals surface area contributed by atoms with Crippen LogP contribution in [0, 0.1) is 16.7 Å². The molecule has 3 aliphatic rings. The lowest BCUT2D eigenvalue weighted by molar-refractivity contribution is -0.235. The molecule has 0 aromatic carbocycles. The van der Waals surface area contributed by atoms with Crippen LogP contribution in [-0.2, 0) is 14.3 Å². The SMILES string of the molecule is CC1=C([C@@H](O)C(=O)[C@@]2(C)C(CC=O)[C@]3(N)CO[C@@H]3C[C@@H]2O)C(C)(C)CCC1. The predicted octanol–water partition coefficient (Wildman–Crippen LogP) is 1.52. The summed E-state index contributed by atoms with van der Waals surface area (Å²) in [7, 11) is 0. The molecule has 0 amide bonds. The summed E-state index contributed by atoms with van der Waals surface area (Å²) in [6, 6.07) is 0. The molecule has 1 saturated heterocycles. The lowest BCUT2D eigenvalue weighted by atomic mass is 9.51. The van der Waals surface area contributed by atoms with E-state index in [1.165, 1.54) is 0 Å². The summed E-state index contributed by atoms with van der Waals surface area (Å²) in [5.74, 6) is -0.999. The molecule has 0 spiro atoms. The van der Waals surface area contributed by atoms with Crippen LogP contribution in [0.2, 0.25) is 0 Å². The van der Waals surface area contributed by atoms with Gasteiger partial charge in [-0.2, -0.15) is 0 Å². The van der Waals surface area contributed by atoms with Gasteiger partial charge in [-0.15, -0.1) is 0 Å². The van der Waals surface area contributed by atoms with Crippen LogP contribution < -0.4 is 5.73 Å². The van der Waals surface area contributed by atoms with Crippen LogP contribution in [0.15, 0.2) is 11.1 Å². The third-order valence-electron chi connectivity index (χ3n) is 7.56. The number of carbonyl (C=O) groups is 2. The first kappa shape index (κ1) is 20.6. The summed E-state index contributed by atoms with van der Waals surface area (Å²) in [6.07, 6.45) is 1.17. The van der Waals surface area contributed by atoms with Crippen LogP contribution in [0.4, 0.5) is 0 Å². The summed E-state index contributed by atoms with van der Waals surface area (Å²) in [5.41, 5.74) is 5.93. The van der Waals surface area contributed by atoms with Gasteiger partial charge in [0, 0.05) is 18.8 Å². The first-order valence-electron chi connectivity index (χ1n) is 9.94. The maximum Gasteiger partial charge on any atom is 0.174 e. The van der Waals surface area contributed by atoms with E-state index in [0.29, 0.717) is 0 Å². The minimum Gasteiger partial charge on any atom is -0.392 e. The highest BCUT2D eigenvalue weighted by atomic mass is 16.5. The molecule has 152 valence electrons. The van der Waals surface area contributed by atoms with Crippen molar-refractivity contribution in [3.63, 3.8) is 0 Å². The smallest absolute Gasteiger partial charge is 0.174 e. The van der Waals surface area contributed by atoms with Crippen molar-refractivity contribution in [2.24, 2.45) is 22.5 Å². The third-order valence-corrected chi connectivity index (χ3v) is 7.56. The topological polar surface area (TPSA) is 110 Å². The highest BCUT2D eigenvalue weighted by molar-refractivity contribution is 5.93. The van der Waals surface area contributed by atoms with Gasteiger partial charge in [0.25, 0.3) is 0 Å². The standard InChI is InChI=1S/C21H33NO5/c1-12-6-5-8-19(2,3)16(12)17(25)18(26)20(4)13(7-9-23)21(22)11-27-15(21)10-14(20)24/h9,13-15,17,24-25H,5-8,10-11,22H2,1-4H3/t13?,14-,15+,17+,20-,21+/m0/s1. The van der Waals surface area contributed by atoms with Gasteiger partial charge in [0.1, 0.15) is 12.4 Å². The molecule has 27 heavy (non-hydrogen) atoms. The number of hydrogen-bond donors (Lipinski definition) is 3. The van der Waals surface area contributed by atoms with Crippen LogP contribution in [0.5, 0.6) is 0 Å². The summed E-state index contributed by atoms with van der Waals surface area (Å²) in [6.45, 7) is 7.98. The summed E-state index contributed by atoms with van der Waals surface area (Å²) < 4.78 is 5.50. The van der Waals surface area contributed by atoms with E-state index in [9.17, 15) is 19.8 Å². The van der Waals surface area contributed by atoms with E-state index in [1.54, 1.807) is 6.92 Å². The van der Waals surface area contributed by atoms with Gasteiger partial charge in [-0.1, -0.05) is 19.4 Å². The average molecular weight is 379 g/mol. The summed E-state index contributed by atoms with van der Waals surface area (Å²) in [5, 5.41) is 22.0. The number of Topliss-reactive ketones (excluding diaryl/α,β-unsaturated/α-hetero) is 1. The molecule has 1 saturated carbocycles. The van der Waals surface area contributed by atoms with E-state index >= 15 is 0 Å².